The first-order chi connectivity index (χ1) is 18.0. The van der Waals surface area contributed by atoms with Gasteiger partial charge in [-0.1, -0.05) is 0 Å². The molecule has 2 aliphatic heterocycles. The number of fused-ring (bicyclic) bond motifs is 2. The Balaban J connectivity index is 0.000000152. The Kier molecular flexibility index (Phi) is 7.87. The number of aromatic nitrogens is 2. The van der Waals surface area contributed by atoms with Crippen LogP contribution in [0.3, 0.4) is 0 Å². The lowest BCUT2D eigenvalue weighted by atomic mass is 10.1. The summed E-state index contributed by atoms with van der Waals surface area (Å²) in [4.78, 5) is 10.5. The largest absolute Gasteiger partial charge is 0.490 e. The van der Waals surface area contributed by atoms with Crippen LogP contribution in [-0.4, -0.2) is 60.3 Å². The van der Waals surface area contributed by atoms with E-state index in [1.165, 1.54) is 0 Å². The van der Waals surface area contributed by atoms with E-state index in [-0.39, 0.29) is 0 Å². The Morgan fingerprint density at radius 3 is 1.73 bits per heavy atom. The van der Waals surface area contributed by atoms with Gasteiger partial charge < -0.3 is 31.2 Å². The summed E-state index contributed by atoms with van der Waals surface area (Å²) in [6.07, 6.45) is 8.42. The molecule has 0 bridgehead atoms. The minimum absolute atomic E-state index is 0.322. The number of hydrogen-bond donors (Lipinski definition) is 3. The number of rotatable bonds is 4. The smallest absolute Gasteiger partial charge is 0.131 e. The summed E-state index contributed by atoms with van der Waals surface area (Å²) in [6.45, 7) is 4.29. The quantitative estimate of drug-likeness (QED) is 0.382. The lowest BCUT2D eigenvalue weighted by Gasteiger charge is -2.29. The highest BCUT2D eigenvalue weighted by Gasteiger charge is 2.18. The van der Waals surface area contributed by atoms with Gasteiger partial charge in [-0.2, -0.15) is 0 Å². The maximum Gasteiger partial charge on any atom is 0.131 e. The predicted octanol–water partition coefficient (Wildman–Crippen LogP) is 4.24. The number of nitrogen functional groups attached to an aromatic ring is 2. The molecule has 0 radical (unpaired) electrons. The van der Waals surface area contributed by atoms with E-state index in [0.29, 0.717) is 23.8 Å². The molecule has 8 nitrogen and oxygen atoms in total. The van der Waals surface area contributed by atoms with Crippen molar-refractivity contribution in [3.8, 4) is 11.5 Å². The molecule has 2 aliphatic rings. The van der Waals surface area contributed by atoms with Crippen molar-refractivity contribution in [2.75, 3.05) is 44.7 Å². The second-order valence-electron chi connectivity index (χ2n) is 9.85. The van der Waals surface area contributed by atoms with Gasteiger partial charge in [0.15, 0.2) is 0 Å². The molecule has 2 fully saturated rings. The highest BCUT2D eigenvalue weighted by Crippen LogP contribution is 2.27. The van der Waals surface area contributed by atoms with Crippen LogP contribution in [0.15, 0.2) is 60.9 Å². The highest BCUT2D eigenvalue weighted by atomic mass is 16.5. The summed E-state index contributed by atoms with van der Waals surface area (Å²) in [7, 11) is 2.15. The maximum absolute atomic E-state index is 6.06. The van der Waals surface area contributed by atoms with Crippen molar-refractivity contribution in [1.82, 2.24) is 20.2 Å². The Labute approximate surface area is 218 Å². The number of anilines is 2. The Morgan fingerprint density at radius 1 is 0.730 bits per heavy atom. The number of nitrogens with zero attached hydrogens (tertiary/aromatic N) is 3. The van der Waals surface area contributed by atoms with Gasteiger partial charge in [0.2, 0.25) is 0 Å². The summed E-state index contributed by atoms with van der Waals surface area (Å²) in [5, 5.41) is 7.46. The molecule has 0 spiro atoms. The van der Waals surface area contributed by atoms with Crippen molar-refractivity contribution in [3.63, 3.8) is 0 Å². The van der Waals surface area contributed by atoms with Crippen molar-refractivity contribution >= 4 is 33.2 Å². The molecular formula is C29H36N6O2. The second-order valence-corrected chi connectivity index (χ2v) is 9.85. The summed E-state index contributed by atoms with van der Waals surface area (Å²) < 4.78 is 12.1. The van der Waals surface area contributed by atoms with Crippen LogP contribution < -0.4 is 26.3 Å². The van der Waals surface area contributed by atoms with Crippen LogP contribution in [0.5, 0.6) is 11.5 Å². The van der Waals surface area contributed by atoms with E-state index in [1.54, 1.807) is 12.4 Å². The summed E-state index contributed by atoms with van der Waals surface area (Å²) >= 11 is 0. The minimum atomic E-state index is 0.322. The molecule has 4 heterocycles. The number of benzene rings is 2. The first-order valence-corrected chi connectivity index (χ1v) is 13.1. The van der Waals surface area contributed by atoms with Gasteiger partial charge in [0.25, 0.3) is 0 Å². The molecule has 0 unspecified atom stereocenters. The average molecular weight is 501 g/mol. The van der Waals surface area contributed by atoms with Gasteiger partial charge in [-0.25, -0.2) is 9.97 Å². The average Bonchev–Trinajstić information content (AvgIpc) is 2.91. The second kappa shape index (κ2) is 11.6. The van der Waals surface area contributed by atoms with Crippen LogP contribution in [-0.2, 0) is 0 Å². The highest BCUT2D eigenvalue weighted by molar-refractivity contribution is 5.92. The van der Waals surface area contributed by atoms with Crippen molar-refractivity contribution in [2.45, 2.75) is 37.9 Å². The van der Waals surface area contributed by atoms with E-state index >= 15 is 0 Å². The van der Waals surface area contributed by atoms with Gasteiger partial charge in [0, 0.05) is 36.3 Å². The van der Waals surface area contributed by atoms with Crippen LogP contribution in [0.4, 0.5) is 11.6 Å². The predicted molar refractivity (Wildman–Crippen MR) is 150 cm³/mol. The molecule has 0 amide bonds. The van der Waals surface area contributed by atoms with Gasteiger partial charge in [0.05, 0.1) is 0 Å². The molecule has 0 aliphatic carbocycles. The third-order valence-corrected chi connectivity index (χ3v) is 7.09. The zero-order valence-electron chi connectivity index (χ0n) is 21.4. The van der Waals surface area contributed by atoms with E-state index in [2.05, 4.69) is 27.2 Å². The fourth-order valence-electron chi connectivity index (χ4n) is 4.91. The molecule has 4 aromatic rings. The van der Waals surface area contributed by atoms with Crippen LogP contribution >= 0.6 is 0 Å². The number of pyridine rings is 2. The lowest BCUT2D eigenvalue weighted by Crippen LogP contribution is -2.35. The summed E-state index contributed by atoms with van der Waals surface area (Å²) in [5.74, 6) is 2.98. The molecule has 37 heavy (non-hydrogen) atoms. The molecule has 0 saturated carbocycles. The molecule has 194 valence electrons. The van der Waals surface area contributed by atoms with E-state index < -0.39 is 0 Å². The van der Waals surface area contributed by atoms with E-state index in [4.69, 9.17) is 20.9 Å². The van der Waals surface area contributed by atoms with E-state index in [0.717, 1.165) is 84.9 Å². The molecular weight excluding hydrogens is 464 g/mol. The fourth-order valence-corrected chi connectivity index (χ4v) is 4.91. The molecule has 2 aromatic heterocycles. The van der Waals surface area contributed by atoms with Crippen LogP contribution in [0.25, 0.3) is 21.5 Å². The van der Waals surface area contributed by atoms with Gasteiger partial charge in [-0.15, -0.1) is 0 Å². The van der Waals surface area contributed by atoms with E-state index in [1.807, 2.05) is 48.5 Å². The molecule has 5 N–H and O–H groups in total. The number of ether oxygens (including phenoxy) is 2. The van der Waals surface area contributed by atoms with Crippen LogP contribution in [0, 0.1) is 0 Å². The van der Waals surface area contributed by atoms with Gasteiger partial charge in [0.1, 0.15) is 35.3 Å². The zero-order valence-corrected chi connectivity index (χ0v) is 21.4. The van der Waals surface area contributed by atoms with Gasteiger partial charge in [-0.3, -0.25) is 0 Å². The SMILES string of the molecule is CN1CCC(Oc2ccc3c(N)nccc3c2)CC1.Nc1nccc2cc(OC3CCNCC3)ccc12. The van der Waals surface area contributed by atoms with Crippen LogP contribution in [0.2, 0.25) is 0 Å². The number of nitrogens with one attached hydrogen (secondary N) is 1. The summed E-state index contributed by atoms with van der Waals surface area (Å²) in [6, 6.07) is 15.9. The maximum atomic E-state index is 6.06. The number of piperidine rings is 2. The first-order valence-electron chi connectivity index (χ1n) is 13.1. The molecule has 6 rings (SSSR count). The standard InChI is InChI=1S/C15H19N3O.C14H17N3O/c1-18-8-5-12(6-9-18)19-13-2-3-14-11(10-13)4-7-17-15(14)16;15-14-13-2-1-12(9-10(13)3-8-17-14)18-11-4-6-16-7-5-11/h2-4,7,10,12H,5-6,8-9H2,1H3,(H2,16,17);1-3,8-9,11,16H,4-7H2,(H2,15,17). The molecule has 0 atom stereocenters. The Hall–Kier alpha value is -3.62. The topological polar surface area (TPSA) is 112 Å². The van der Waals surface area contributed by atoms with Gasteiger partial charge in [-0.05, 0) is 105 Å². The van der Waals surface area contributed by atoms with Crippen LogP contribution in [0.1, 0.15) is 25.7 Å². The Bertz CT molecular complexity index is 1330. The normalized spacial score (nSPS) is 17.3. The number of nitrogens with two attached hydrogens (primary N) is 2. The third-order valence-electron chi connectivity index (χ3n) is 7.09. The molecule has 2 aromatic carbocycles. The third kappa shape index (κ3) is 6.39. The number of hydrogen-bond acceptors (Lipinski definition) is 8. The van der Waals surface area contributed by atoms with Crippen molar-refractivity contribution < 1.29 is 9.47 Å². The van der Waals surface area contributed by atoms with Gasteiger partial charge >= 0.3 is 0 Å². The summed E-state index contributed by atoms with van der Waals surface area (Å²) in [5.41, 5.74) is 11.7. The Morgan fingerprint density at radius 2 is 1.22 bits per heavy atom. The molecule has 8 heteroatoms. The zero-order chi connectivity index (χ0) is 25.6. The van der Waals surface area contributed by atoms with E-state index in [9.17, 15) is 0 Å². The lowest BCUT2D eigenvalue weighted by molar-refractivity contribution is 0.114. The fraction of sp³-hybridized carbons (Fsp3) is 0.379. The monoisotopic (exact) mass is 500 g/mol. The molecule has 2 saturated heterocycles. The minimum Gasteiger partial charge on any atom is -0.490 e. The van der Waals surface area contributed by atoms with Crippen molar-refractivity contribution in [3.05, 3.63) is 60.9 Å². The van der Waals surface area contributed by atoms with Crippen molar-refractivity contribution in [1.29, 1.82) is 0 Å². The first kappa shape index (κ1) is 25.0. The van der Waals surface area contributed by atoms with Crippen molar-refractivity contribution in [2.24, 2.45) is 0 Å². The number of likely N-dealkylation sites (tertiary alicyclic amines) is 1.